The van der Waals surface area contributed by atoms with Gasteiger partial charge in [0.2, 0.25) is 5.91 Å². The molecule has 3 nitrogen and oxygen atoms in total. The quantitative estimate of drug-likeness (QED) is 0.828. The van der Waals surface area contributed by atoms with E-state index in [0.29, 0.717) is 12.5 Å². The number of amides is 1. The van der Waals surface area contributed by atoms with Crippen molar-refractivity contribution in [1.82, 2.24) is 5.48 Å². The van der Waals surface area contributed by atoms with E-state index in [1.165, 1.54) is 19.3 Å². The van der Waals surface area contributed by atoms with Gasteiger partial charge in [-0.05, 0) is 36.7 Å². The number of hydrogen-bond donors (Lipinski definition) is 1. The molecular weight excluding hydrogens is 226 g/mol. The maximum atomic E-state index is 12.0. The largest absolute Gasteiger partial charge is 0.272 e. The SMILES string of the molecule is O=C(NOCc1ccccc1)[C@H]1C[C@H]2CC[C@H]1C2. The molecule has 0 aromatic heterocycles. The normalized spacial score (nSPS) is 29.4. The van der Waals surface area contributed by atoms with Gasteiger partial charge in [-0.2, -0.15) is 0 Å². The van der Waals surface area contributed by atoms with E-state index in [2.05, 4.69) is 5.48 Å². The summed E-state index contributed by atoms with van der Waals surface area (Å²) in [5.41, 5.74) is 3.69. The van der Waals surface area contributed by atoms with E-state index < -0.39 is 0 Å². The first kappa shape index (κ1) is 11.7. The van der Waals surface area contributed by atoms with Gasteiger partial charge in [0.1, 0.15) is 0 Å². The van der Waals surface area contributed by atoms with E-state index in [4.69, 9.17) is 4.84 Å². The highest BCUT2D eigenvalue weighted by Gasteiger charge is 2.43. The minimum Gasteiger partial charge on any atom is -0.272 e. The Kier molecular flexibility index (Phi) is 3.33. The highest BCUT2D eigenvalue weighted by molar-refractivity contribution is 5.78. The summed E-state index contributed by atoms with van der Waals surface area (Å²) in [4.78, 5) is 17.3. The number of hydroxylamine groups is 1. The lowest BCUT2D eigenvalue weighted by Gasteiger charge is -2.20. The molecule has 3 heteroatoms. The zero-order chi connectivity index (χ0) is 12.4. The van der Waals surface area contributed by atoms with E-state index in [1.54, 1.807) is 0 Å². The van der Waals surface area contributed by atoms with Gasteiger partial charge in [-0.1, -0.05) is 36.8 Å². The van der Waals surface area contributed by atoms with Gasteiger partial charge in [-0.3, -0.25) is 9.63 Å². The van der Waals surface area contributed by atoms with Crippen LogP contribution >= 0.6 is 0 Å². The van der Waals surface area contributed by atoms with Crippen molar-refractivity contribution in [1.29, 1.82) is 0 Å². The van der Waals surface area contributed by atoms with E-state index in [0.717, 1.165) is 17.9 Å². The lowest BCUT2D eigenvalue weighted by atomic mass is 9.88. The molecule has 18 heavy (non-hydrogen) atoms. The van der Waals surface area contributed by atoms with Gasteiger partial charge in [0.05, 0.1) is 6.61 Å². The maximum absolute atomic E-state index is 12.0. The standard InChI is InChI=1S/C15H19NO2/c17-15(14-9-12-6-7-13(14)8-12)16-18-10-11-4-2-1-3-5-11/h1-5,12-14H,6-10H2,(H,16,17)/t12-,13-,14-/m0/s1. The van der Waals surface area contributed by atoms with Crippen LogP contribution in [0.5, 0.6) is 0 Å². The van der Waals surface area contributed by atoms with Crippen molar-refractivity contribution in [2.24, 2.45) is 17.8 Å². The molecule has 1 N–H and O–H groups in total. The molecule has 2 aliphatic rings. The fraction of sp³-hybridized carbons (Fsp3) is 0.533. The van der Waals surface area contributed by atoms with Crippen LogP contribution in [0.4, 0.5) is 0 Å². The van der Waals surface area contributed by atoms with Crippen molar-refractivity contribution in [3.8, 4) is 0 Å². The van der Waals surface area contributed by atoms with Crippen LogP contribution in [0.15, 0.2) is 30.3 Å². The Balaban J connectivity index is 1.45. The highest BCUT2D eigenvalue weighted by Crippen LogP contribution is 2.48. The molecule has 1 amide bonds. The lowest BCUT2D eigenvalue weighted by Crippen LogP contribution is -2.33. The Labute approximate surface area is 107 Å². The average molecular weight is 245 g/mol. The predicted molar refractivity (Wildman–Crippen MR) is 68.3 cm³/mol. The Hall–Kier alpha value is -1.35. The summed E-state index contributed by atoms with van der Waals surface area (Å²) < 4.78 is 0. The molecule has 2 aliphatic carbocycles. The summed E-state index contributed by atoms with van der Waals surface area (Å²) in [7, 11) is 0. The first-order valence-corrected chi connectivity index (χ1v) is 6.78. The topological polar surface area (TPSA) is 38.3 Å². The molecule has 1 aromatic carbocycles. The first-order valence-electron chi connectivity index (χ1n) is 6.78. The summed E-state index contributed by atoms with van der Waals surface area (Å²) >= 11 is 0. The number of rotatable bonds is 4. The lowest BCUT2D eigenvalue weighted by molar-refractivity contribution is -0.140. The molecule has 1 aromatic rings. The van der Waals surface area contributed by atoms with Crippen molar-refractivity contribution in [3.63, 3.8) is 0 Å². The van der Waals surface area contributed by atoms with Crippen LogP contribution in [0, 0.1) is 17.8 Å². The fourth-order valence-electron chi connectivity index (χ4n) is 3.41. The predicted octanol–water partition coefficient (Wildman–Crippen LogP) is 2.67. The van der Waals surface area contributed by atoms with Gasteiger partial charge in [-0.25, -0.2) is 5.48 Å². The van der Waals surface area contributed by atoms with Crippen LogP contribution < -0.4 is 5.48 Å². The monoisotopic (exact) mass is 245 g/mol. The number of carbonyl (C=O) groups is 1. The number of fused-ring (bicyclic) bond motifs is 2. The minimum absolute atomic E-state index is 0.0816. The van der Waals surface area contributed by atoms with Crippen molar-refractivity contribution < 1.29 is 9.63 Å². The molecule has 0 unspecified atom stereocenters. The second kappa shape index (κ2) is 5.11. The molecule has 3 rings (SSSR count). The molecule has 3 atom stereocenters. The van der Waals surface area contributed by atoms with Gasteiger partial charge >= 0.3 is 0 Å². The molecule has 2 bridgehead atoms. The maximum Gasteiger partial charge on any atom is 0.246 e. The summed E-state index contributed by atoms with van der Waals surface area (Å²) in [6, 6.07) is 9.89. The third-order valence-electron chi connectivity index (χ3n) is 4.33. The first-order chi connectivity index (χ1) is 8.83. The van der Waals surface area contributed by atoms with E-state index in [-0.39, 0.29) is 11.8 Å². The highest BCUT2D eigenvalue weighted by atomic mass is 16.6. The average Bonchev–Trinajstić information content (AvgIpc) is 3.02. The second-order valence-corrected chi connectivity index (χ2v) is 5.52. The van der Waals surface area contributed by atoms with E-state index in [1.807, 2.05) is 30.3 Å². The van der Waals surface area contributed by atoms with E-state index >= 15 is 0 Å². The molecule has 0 spiro atoms. The van der Waals surface area contributed by atoms with Crippen LogP contribution in [-0.4, -0.2) is 5.91 Å². The smallest absolute Gasteiger partial charge is 0.246 e. The van der Waals surface area contributed by atoms with Crippen molar-refractivity contribution in [2.75, 3.05) is 0 Å². The minimum atomic E-state index is 0.0816. The van der Waals surface area contributed by atoms with Gasteiger partial charge in [0.15, 0.2) is 0 Å². The summed E-state index contributed by atoms with van der Waals surface area (Å²) in [5, 5.41) is 0. The second-order valence-electron chi connectivity index (χ2n) is 5.52. The van der Waals surface area contributed by atoms with Gasteiger partial charge in [-0.15, -0.1) is 0 Å². The third kappa shape index (κ3) is 2.41. The van der Waals surface area contributed by atoms with Crippen LogP contribution in [-0.2, 0) is 16.2 Å². The molecule has 0 aliphatic heterocycles. The van der Waals surface area contributed by atoms with Gasteiger partial charge < -0.3 is 0 Å². The number of benzene rings is 1. The summed E-state index contributed by atoms with van der Waals surface area (Å²) in [6.45, 7) is 0.438. The molecule has 0 saturated heterocycles. The molecular formula is C15H19NO2. The number of carbonyl (C=O) groups excluding carboxylic acids is 1. The fourth-order valence-corrected chi connectivity index (χ4v) is 3.41. The third-order valence-corrected chi connectivity index (χ3v) is 4.33. The Bertz CT molecular complexity index is 418. The molecule has 2 saturated carbocycles. The van der Waals surface area contributed by atoms with Crippen LogP contribution in [0.3, 0.4) is 0 Å². The molecule has 2 fully saturated rings. The number of hydrogen-bond acceptors (Lipinski definition) is 2. The zero-order valence-electron chi connectivity index (χ0n) is 10.5. The van der Waals surface area contributed by atoms with Crippen molar-refractivity contribution in [3.05, 3.63) is 35.9 Å². The zero-order valence-corrected chi connectivity index (χ0v) is 10.5. The molecule has 0 radical (unpaired) electrons. The summed E-state index contributed by atoms with van der Waals surface area (Å²) in [6.07, 6.45) is 4.85. The van der Waals surface area contributed by atoms with Crippen molar-refractivity contribution in [2.45, 2.75) is 32.3 Å². The molecule has 0 heterocycles. The Morgan fingerprint density at radius 3 is 2.72 bits per heavy atom. The van der Waals surface area contributed by atoms with Gasteiger partial charge in [0, 0.05) is 5.92 Å². The van der Waals surface area contributed by atoms with Crippen LogP contribution in [0.1, 0.15) is 31.2 Å². The Morgan fingerprint density at radius 2 is 2.06 bits per heavy atom. The Morgan fingerprint density at radius 1 is 1.22 bits per heavy atom. The molecule has 96 valence electrons. The van der Waals surface area contributed by atoms with Crippen LogP contribution in [0.2, 0.25) is 0 Å². The van der Waals surface area contributed by atoms with Crippen LogP contribution in [0.25, 0.3) is 0 Å². The van der Waals surface area contributed by atoms with Crippen molar-refractivity contribution >= 4 is 5.91 Å². The van der Waals surface area contributed by atoms with Gasteiger partial charge in [0.25, 0.3) is 0 Å². The van der Waals surface area contributed by atoms with E-state index in [9.17, 15) is 4.79 Å². The summed E-state index contributed by atoms with van der Waals surface area (Å²) in [5.74, 6) is 1.67. The number of nitrogens with one attached hydrogen (secondary N) is 1.